The number of aryl methyl sites for hydroxylation is 1. The van der Waals surface area contributed by atoms with Crippen molar-refractivity contribution < 1.29 is 18.8 Å². The third-order valence-electron chi connectivity index (χ3n) is 5.89. The molecule has 0 radical (unpaired) electrons. The van der Waals surface area contributed by atoms with Crippen molar-refractivity contribution >= 4 is 40.2 Å². The van der Waals surface area contributed by atoms with Crippen LogP contribution in [0.1, 0.15) is 41.6 Å². The monoisotopic (exact) mass is 485 g/mol. The van der Waals surface area contributed by atoms with E-state index in [1.807, 2.05) is 0 Å². The van der Waals surface area contributed by atoms with Crippen molar-refractivity contribution in [3.05, 3.63) is 39.7 Å². The molecule has 0 saturated carbocycles. The van der Waals surface area contributed by atoms with Gasteiger partial charge < -0.3 is 37.6 Å². The summed E-state index contributed by atoms with van der Waals surface area (Å²) < 4.78 is 5.24. The van der Waals surface area contributed by atoms with Crippen LogP contribution >= 0.6 is 0 Å². The lowest BCUT2D eigenvalue weighted by Gasteiger charge is -2.19. The highest BCUT2D eigenvalue weighted by atomic mass is 16.4. The number of anilines is 1. The summed E-state index contributed by atoms with van der Waals surface area (Å²) in [4.78, 5) is 53.9. The second-order valence-corrected chi connectivity index (χ2v) is 8.44. The zero-order chi connectivity index (χ0) is 25.5. The normalized spacial score (nSPS) is 16.0. The van der Waals surface area contributed by atoms with E-state index in [-0.39, 0.29) is 60.0 Å². The number of ketones is 1. The van der Waals surface area contributed by atoms with Crippen LogP contribution in [0, 0.1) is 6.92 Å². The molecule has 0 bridgehead atoms. The van der Waals surface area contributed by atoms with Gasteiger partial charge in [-0.1, -0.05) is 12.1 Å². The van der Waals surface area contributed by atoms with Crippen molar-refractivity contribution in [1.82, 2.24) is 16.0 Å². The summed E-state index contributed by atoms with van der Waals surface area (Å²) in [7, 11) is 0. The number of nitrogens with two attached hydrogens (primary N) is 3. The molecule has 35 heavy (non-hydrogen) atoms. The number of nitrogen functional groups attached to an aromatic ring is 1. The van der Waals surface area contributed by atoms with Crippen molar-refractivity contribution in [1.29, 1.82) is 0 Å². The number of carbonyl (C=O) groups is 3. The number of nitrogens with zero attached hydrogens (tertiary/aromatic N) is 1. The van der Waals surface area contributed by atoms with Crippen LogP contribution in [0.25, 0.3) is 11.0 Å². The van der Waals surface area contributed by atoms with Gasteiger partial charge in [-0.3, -0.25) is 19.4 Å². The van der Waals surface area contributed by atoms with Crippen LogP contribution in [-0.4, -0.2) is 55.3 Å². The number of Topliss-reactive ketones (excluding diaryl/α,β-unsaturated/α-hetero) is 1. The Bertz CT molecular complexity index is 1200. The number of hydrogen-bond acceptors (Lipinski definition) is 8. The molecule has 9 N–H and O–H groups in total. The standard InChI is InChI=1S/C23H31N7O5/c1-12-14-7-6-13(10-17(14)35-22(34)19(12)24)20(32)15(4-2-9-28-23(25)26)30-18(31)11-29-21(33)16-5-3-8-27-16/h6-7,10,15-16,27H,2-5,8-9,11,24H2,1H3,(H,29,33)(H,30,31)(H4,25,26,28)/t15-,16-/m0/s1. The van der Waals surface area contributed by atoms with Gasteiger partial charge >= 0.3 is 5.63 Å². The van der Waals surface area contributed by atoms with Crippen molar-refractivity contribution in [3.8, 4) is 0 Å². The maximum absolute atomic E-state index is 13.3. The average molecular weight is 486 g/mol. The number of guanidine groups is 1. The SMILES string of the molecule is Cc1c(N)c(=O)oc2cc(C(=O)[C@H](CCCN=C(N)N)NC(=O)CNC(=O)[C@@H]3CCCN3)ccc12. The highest BCUT2D eigenvalue weighted by Gasteiger charge is 2.25. The van der Waals surface area contributed by atoms with Gasteiger partial charge in [0.2, 0.25) is 11.8 Å². The summed E-state index contributed by atoms with van der Waals surface area (Å²) in [6, 6.07) is 3.46. The van der Waals surface area contributed by atoms with E-state index in [4.69, 9.17) is 21.6 Å². The van der Waals surface area contributed by atoms with Gasteiger partial charge in [0.25, 0.3) is 0 Å². The molecule has 2 aromatic rings. The molecule has 188 valence electrons. The van der Waals surface area contributed by atoms with Crippen LogP contribution in [0.15, 0.2) is 32.4 Å². The van der Waals surface area contributed by atoms with E-state index >= 15 is 0 Å². The first-order valence-electron chi connectivity index (χ1n) is 11.4. The molecule has 1 aromatic carbocycles. The fraction of sp³-hybridized carbons (Fsp3) is 0.435. The molecular weight excluding hydrogens is 454 g/mol. The highest BCUT2D eigenvalue weighted by Crippen LogP contribution is 2.22. The Morgan fingerprint density at radius 1 is 1.29 bits per heavy atom. The number of carbonyl (C=O) groups excluding carboxylic acids is 3. The van der Waals surface area contributed by atoms with Gasteiger partial charge in [0.1, 0.15) is 11.3 Å². The zero-order valence-electron chi connectivity index (χ0n) is 19.6. The molecule has 2 heterocycles. The van der Waals surface area contributed by atoms with Gasteiger partial charge in [-0.15, -0.1) is 0 Å². The van der Waals surface area contributed by atoms with E-state index in [0.29, 0.717) is 23.8 Å². The van der Waals surface area contributed by atoms with Crippen LogP contribution in [0.2, 0.25) is 0 Å². The van der Waals surface area contributed by atoms with Crippen LogP contribution in [-0.2, 0) is 9.59 Å². The van der Waals surface area contributed by atoms with Crippen LogP contribution in [0.3, 0.4) is 0 Å². The van der Waals surface area contributed by atoms with Crippen LogP contribution in [0.5, 0.6) is 0 Å². The Balaban J connectivity index is 1.74. The third kappa shape index (κ3) is 6.57. The fourth-order valence-corrected chi connectivity index (χ4v) is 3.94. The first kappa shape index (κ1) is 25.7. The Labute approximate surface area is 201 Å². The zero-order valence-corrected chi connectivity index (χ0v) is 19.6. The summed E-state index contributed by atoms with van der Waals surface area (Å²) >= 11 is 0. The number of rotatable bonds is 10. The average Bonchev–Trinajstić information content (AvgIpc) is 3.37. The third-order valence-corrected chi connectivity index (χ3v) is 5.89. The predicted molar refractivity (Wildman–Crippen MR) is 132 cm³/mol. The summed E-state index contributed by atoms with van der Waals surface area (Å²) in [5.74, 6) is -1.22. The second-order valence-electron chi connectivity index (χ2n) is 8.44. The lowest BCUT2D eigenvalue weighted by molar-refractivity contribution is -0.127. The number of nitrogens with one attached hydrogen (secondary N) is 3. The molecule has 0 aliphatic carbocycles. The van der Waals surface area contributed by atoms with E-state index in [1.165, 1.54) is 6.07 Å². The minimum absolute atomic E-state index is 0.0105. The van der Waals surface area contributed by atoms with Gasteiger partial charge in [-0.2, -0.15) is 0 Å². The molecule has 1 saturated heterocycles. The van der Waals surface area contributed by atoms with E-state index in [0.717, 1.165) is 13.0 Å². The van der Waals surface area contributed by atoms with E-state index in [2.05, 4.69) is 20.9 Å². The molecule has 12 nitrogen and oxygen atoms in total. The Morgan fingerprint density at radius 3 is 2.74 bits per heavy atom. The smallest absolute Gasteiger partial charge is 0.359 e. The fourth-order valence-electron chi connectivity index (χ4n) is 3.94. The lowest BCUT2D eigenvalue weighted by atomic mass is 9.98. The van der Waals surface area contributed by atoms with Crippen LogP contribution in [0.4, 0.5) is 5.69 Å². The van der Waals surface area contributed by atoms with Crippen molar-refractivity contribution in [2.24, 2.45) is 16.5 Å². The first-order chi connectivity index (χ1) is 16.7. The maximum atomic E-state index is 13.3. The predicted octanol–water partition coefficient (Wildman–Crippen LogP) is -0.727. The number of hydrogen-bond donors (Lipinski definition) is 6. The Kier molecular flexibility index (Phi) is 8.42. The molecule has 12 heteroatoms. The van der Waals surface area contributed by atoms with Gasteiger partial charge in [0.05, 0.1) is 18.6 Å². The van der Waals surface area contributed by atoms with E-state index < -0.39 is 17.6 Å². The van der Waals surface area contributed by atoms with Crippen molar-refractivity contribution in [3.63, 3.8) is 0 Å². The van der Waals surface area contributed by atoms with Crippen molar-refractivity contribution in [2.45, 2.75) is 44.7 Å². The molecule has 1 aliphatic heterocycles. The lowest BCUT2D eigenvalue weighted by Crippen LogP contribution is -2.48. The largest absolute Gasteiger partial charge is 0.421 e. The highest BCUT2D eigenvalue weighted by molar-refractivity contribution is 6.04. The second kappa shape index (κ2) is 11.5. The number of amides is 2. The number of aliphatic imine (C=N–C) groups is 1. The molecule has 1 fully saturated rings. The number of benzene rings is 1. The molecule has 1 aromatic heterocycles. The molecule has 2 atom stereocenters. The topological polar surface area (TPSA) is 208 Å². The summed E-state index contributed by atoms with van der Waals surface area (Å²) in [6.07, 6.45) is 2.28. The summed E-state index contributed by atoms with van der Waals surface area (Å²) in [5, 5.41) is 8.94. The van der Waals surface area contributed by atoms with Crippen molar-refractivity contribution in [2.75, 3.05) is 25.4 Å². The molecule has 0 spiro atoms. The van der Waals surface area contributed by atoms with Gasteiger partial charge in [0.15, 0.2) is 11.7 Å². The summed E-state index contributed by atoms with van der Waals surface area (Å²) in [5.41, 5.74) is 16.8. The molecule has 3 rings (SSSR count). The van der Waals surface area contributed by atoms with Gasteiger partial charge in [0, 0.05) is 17.5 Å². The minimum atomic E-state index is -0.905. The first-order valence-corrected chi connectivity index (χ1v) is 11.4. The van der Waals surface area contributed by atoms with Crippen LogP contribution < -0.4 is 38.8 Å². The Hall–Kier alpha value is -3.93. The maximum Gasteiger partial charge on any atom is 0.359 e. The summed E-state index contributed by atoms with van der Waals surface area (Å²) in [6.45, 7) is 2.46. The molecule has 0 unspecified atom stereocenters. The minimum Gasteiger partial charge on any atom is -0.421 e. The van der Waals surface area contributed by atoms with Gasteiger partial charge in [-0.05, 0) is 50.8 Å². The molecule has 1 aliphatic rings. The van der Waals surface area contributed by atoms with Gasteiger partial charge in [-0.25, -0.2) is 4.79 Å². The quantitative estimate of drug-likeness (QED) is 0.0823. The Morgan fingerprint density at radius 2 is 2.06 bits per heavy atom. The number of fused-ring (bicyclic) bond motifs is 1. The molecule has 2 amide bonds. The van der Waals surface area contributed by atoms with E-state index in [1.54, 1.807) is 19.1 Å². The van der Waals surface area contributed by atoms with E-state index in [9.17, 15) is 19.2 Å². The molecular formula is C23H31N7O5.